The van der Waals surface area contributed by atoms with Gasteiger partial charge in [0.15, 0.2) is 5.65 Å². The summed E-state index contributed by atoms with van der Waals surface area (Å²) in [6.07, 6.45) is 12.7. The molecule has 13 heteroatoms. The van der Waals surface area contributed by atoms with Crippen molar-refractivity contribution in [2.45, 2.75) is 77.1 Å². The van der Waals surface area contributed by atoms with Gasteiger partial charge in [0.2, 0.25) is 5.95 Å². The maximum atomic E-state index is 13.4. The molecule has 13 nitrogen and oxygen atoms in total. The number of likely N-dealkylation sites (N-methyl/N-ethyl adjacent to an activating group) is 1. The fraction of sp³-hybridized carbons (Fsp3) is 0.457. The molecule has 3 aromatic heterocycles. The number of amides is 2. The van der Waals surface area contributed by atoms with E-state index in [2.05, 4.69) is 59.8 Å². The molecule has 2 amide bonds. The number of rotatable bonds is 10. The lowest BCUT2D eigenvalue weighted by Gasteiger charge is -2.33. The molecule has 0 unspecified atom stereocenters. The highest BCUT2D eigenvalue weighted by Crippen LogP contribution is 2.39. The molecule has 4 N–H and O–H groups in total. The summed E-state index contributed by atoms with van der Waals surface area (Å²) in [5.41, 5.74) is 10.3. The van der Waals surface area contributed by atoms with Crippen LogP contribution in [-0.2, 0) is 6.54 Å². The van der Waals surface area contributed by atoms with Crippen LogP contribution >= 0.6 is 0 Å². The van der Waals surface area contributed by atoms with Gasteiger partial charge in [-0.25, -0.2) is 9.79 Å². The van der Waals surface area contributed by atoms with Crippen molar-refractivity contribution in [2.24, 2.45) is 10.7 Å². The van der Waals surface area contributed by atoms with E-state index < -0.39 is 0 Å². The van der Waals surface area contributed by atoms with Crippen molar-refractivity contribution in [1.82, 2.24) is 39.9 Å². The van der Waals surface area contributed by atoms with Crippen LogP contribution < -0.4 is 26.0 Å². The van der Waals surface area contributed by atoms with Crippen molar-refractivity contribution in [3.63, 3.8) is 0 Å². The van der Waals surface area contributed by atoms with Crippen LogP contribution in [0.4, 0.5) is 16.4 Å². The number of nitrogens with one attached hydrogen (secondary N) is 2. The Morgan fingerprint density at radius 3 is 2.73 bits per heavy atom. The van der Waals surface area contributed by atoms with Crippen LogP contribution in [0.5, 0.6) is 5.75 Å². The zero-order chi connectivity index (χ0) is 33.6. The number of aromatic nitrogens is 5. The van der Waals surface area contributed by atoms with E-state index in [0.717, 1.165) is 67.4 Å². The number of carbonyl (C=O) groups is 1. The number of urea groups is 1. The smallest absolute Gasteiger partial charge is 0.320 e. The summed E-state index contributed by atoms with van der Waals surface area (Å²) >= 11 is 0. The Morgan fingerprint density at radius 1 is 1.10 bits per heavy atom. The van der Waals surface area contributed by atoms with Crippen LogP contribution in [0.1, 0.15) is 75.6 Å². The monoisotopic (exact) mass is 653 g/mol. The summed E-state index contributed by atoms with van der Waals surface area (Å²) in [5, 5.41) is 19.4. The number of ether oxygens (including phenoxy) is 1. The molecule has 0 saturated carbocycles. The molecule has 3 atom stereocenters. The van der Waals surface area contributed by atoms with Gasteiger partial charge < -0.3 is 25.6 Å². The first-order chi connectivity index (χ1) is 23.3. The van der Waals surface area contributed by atoms with E-state index in [-0.39, 0.29) is 18.2 Å². The minimum absolute atomic E-state index is 0.165. The minimum atomic E-state index is -0.356. The van der Waals surface area contributed by atoms with Gasteiger partial charge in [0.05, 0.1) is 31.2 Å². The van der Waals surface area contributed by atoms with Crippen LogP contribution in [-0.4, -0.2) is 74.4 Å². The van der Waals surface area contributed by atoms with Gasteiger partial charge in [0.25, 0.3) is 0 Å². The lowest BCUT2D eigenvalue weighted by Crippen LogP contribution is -2.42. The highest BCUT2D eigenvalue weighted by atomic mass is 16.5. The van der Waals surface area contributed by atoms with E-state index in [1.54, 1.807) is 12.3 Å². The normalized spacial score (nSPS) is 20.2. The topological polar surface area (TPSA) is 143 Å². The number of hydrogen-bond acceptors (Lipinski definition) is 9. The van der Waals surface area contributed by atoms with Crippen molar-refractivity contribution in [3.05, 3.63) is 77.9 Å². The number of anilines is 1. The number of piperidine rings is 1. The average molecular weight is 654 g/mol. The molecular weight excluding hydrogens is 606 g/mol. The maximum Gasteiger partial charge on any atom is 0.320 e. The number of nitrogens with two attached hydrogens (primary N) is 1. The molecule has 0 radical (unpaired) electrons. The highest BCUT2D eigenvalue weighted by molar-refractivity contribution is 6.05. The van der Waals surface area contributed by atoms with Crippen LogP contribution in [0.2, 0.25) is 0 Å². The number of allylic oxidation sites excluding steroid dienone is 1. The molecule has 1 aliphatic heterocycles. The highest BCUT2D eigenvalue weighted by Gasteiger charge is 2.30. The fourth-order valence-electron chi connectivity index (χ4n) is 6.37. The lowest BCUT2D eigenvalue weighted by molar-refractivity contribution is 0.171. The molecular formula is C35H47N11O2. The molecule has 1 saturated heterocycles. The van der Waals surface area contributed by atoms with Gasteiger partial charge in [-0.15, -0.1) is 10.2 Å². The molecule has 48 heavy (non-hydrogen) atoms. The van der Waals surface area contributed by atoms with Gasteiger partial charge in [-0.2, -0.15) is 5.10 Å². The standard InChI is InChI=1S/C35H47N11O2/c1-5-25(36)20-32(38-26-21-37-44(22-26)19-18-43(3)4)40-34(47)39-30-14-15-31(29-12-7-6-11-28(29)30)48-27-13-16-33-41-42-35(46(33)23-27)45-17-9-8-10-24(45)2/h6-7,11-13,16,20-24,30-31H,5,8-10,14-15,17-19,36H2,1-4H3,(H2,38,39,40,47)/t24-,30-,31+/m0/s1. The zero-order valence-corrected chi connectivity index (χ0v) is 28.3. The SMILES string of the molecule is CCC(N)=CC(=Nc1cnn(CCN(C)C)c1)NC(=O)N[C@H]1CC[C@@H](Oc2ccc3nnc(N4CCCC[C@@H]4C)n3c2)c2ccccc21. The summed E-state index contributed by atoms with van der Waals surface area (Å²) in [5.74, 6) is 1.97. The first-order valence-electron chi connectivity index (χ1n) is 16.9. The minimum Gasteiger partial charge on any atom is -0.484 e. The van der Waals surface area contributed by atoms with Crippen LogP contribution in [0.15, 0.2) is 71.8 Å². The number of aliphatic imine (C=N–C) groups is 1. The molecule has 254 valence electrons. The lowest BCUT2D eigenvalue weighted by atomic mass is 9.85. The van der Waals surface area contributed by atoms with E-state index in [1.165, 1.54) is 6.42 Å². The van der Waals surface area contributed by atoms with Crippen molar-refractivity contribution >= 4 is 29.1 Å². The Kier molecular flexibility index (Phi) is 10.2. The quantitative estimate of drug-likeness (QED) is 0.158. The van der Waals surface area contributed by atoms with Crippen molar-refractivity contribution in [3.8, 4) is 5.75 Å². The molecule has 6 rings (SSSR count). The third-order valence-electron chi connectivity index (χ3n) is 9.05. The summed E-state index contributed by atoms with van der Waals surface area (Å²) in [7, 11) is 4.04. The third kappa shape index (κ3) is 7.79. The number of amidine groups is 1. The van der Waals surface area contributed by atoms with Gasteiger partial charge in [-0.1, -0.05) is 31.2 Å². The molecule has 0 bridgehead atoms. The van der Waals surface area contributed by atoms with E-state index in [4.69, 9.17) is 10.5 Å². The van der Waals surface area contributed by atoms with Crippen molar-refractivity contribution in [1.29, 1.82) is 0 Å². The van der Waals surface area contributed by atoms with Gasteiger partial charge in [-0.05, 0) is 88.9 Å². The van der Waals surface area contributed by atoms with Gasteiger partial charge in [0.1, 0.15) is 23.4 Å². The molecule has 1 fully saturated rings. The predicted molar refractivity (Wildman–Crippen MR) is 188 cm³/mol. The van der Waals surface area contributed by atoms with Gasteiger partial charge in [0, 0.05) is 24.8 Å². The Labute approximate surface area is 281 Å². The summed E-state index contributed by atoms with van der Waals surface area (Å²) in [6, 6.07) is 11.9. The molecule has 4 aromatic rings. The zero-order valence-electron chi connectivity index (χ0n) is 28.3. The number of benzene rings is 1. The number of fused-ring (bicyclic) bond motifs is 2. The maximum absolute atomic E-state index is 13.4. The third-order valence-corrected chi connectivity index (χ3v) is 9.05. The number of pyridine rings is 1. The van der Waals surface area contributed by atoms with E-state index in [1.807, 2.05) is 66.8 Å². The van der Waals surface area contributed by atoms with Gasteiger partial charge >= 0.3 is 6.03 Å². The number of nitrogens with zero attached hydrogens (tertiary/aromatic N) is 8. The Hall–Kier alpha value is -4.91. The van der Waals surface area contributed by atoms with Crippen molar-refractivity contribution < 1.29 is 9.53 Å². The molecule has 2 aliphatic rings. The van der Waals surface area contributed by atoms with E-state index >= 15 is 0 Å². The van der Waals surface area contributed by atoms with Crippen LogP contribution in [0.25, 0.3) is 5.65 Å². The van der Waals surface area contributed by atoms with Crippen molar-refractivity contribution in [2.75, 3.05) is 32.1 Å². The van der Waals surface area contributed by atoms with E-state index in [0.29, 0.717) is 36.1 Å². The molecule has 0 spiro atoms. The second-order valence-corrected chi connectivity index (χ2v) is 12.9. The first kappa shape index (κ1) is 33.0. The molecule has 4 heterocycles. The Bertz CT molecular complexity index is 1770. The number of hydrogen-bond donors (Lipinski definition) is 3. The average Bonchev–Trinajstić information content (AvgIpc) is 3.71. The second kappa shape index (κ2) is 14.9. The summed E-state index contributed by atoms with van der Waals surface area (Å²) in [4.78, 5) is 22.5. The summed E-state index contributed by atoms with van der Waals surface area (Å²) in [6.45, 7) is 6.77. The number of carbonyl (C=O) groups excluding carboxylic acids is 1. The van der Waals surface area contributed by atoms with Gasteiger partial charge in [-0.3, -0.25) is 14.4 Å². The molecule has 1 aliphatic carbocycles. The fourth-order valence-corrected chi connectivity index (χ4v) is 6.37. The Balaban J connectivity index is 1.15. The first-order valence-corrected chi connectivity index (χ1v) is 16.9. The summed E-state index contributed by atoms with van der Waals surface area (Å²) < 4.78 is 10.5. The van der Waals surface area contributed by atoms with E-state index in [9.17, 15) is 4.79 Å². The predicted octanol–water partition coefficient (Wildman–Crippen LogP) is 5.10. The second-order valence-electron chi connectivity index (χ2n) is 12.9. The van der Waals surface area contributed by atoms with Crippen LogP contribution in [0, 0.1) is 0 Å². The largest absolute Gasteiger partial charge is 0.484 e. The molecule has 1 aromatic carbocycles. The Morgan fingerprint density at radius 2 is 1.94 bits per heavy atom. The van der Waals surface area contributed by atoms with Crippen LogP contribution in [0.3, 0.4) is 0 Å².